The second kappa shape index (κ2) is 5.35. The van der Waals surface area contributed by atoms with Crippen molar-refractivity contribution in [3.05, 3.63) is 0 Å². The third-order valence-electron chi connectivity index (χ3n) is 4.60. The fourth-order valence-corrected chi connectivity index (χ4v) is 4.77. The van der Waals surface area contributed by atoms with Gasteiger partial charge in [-0.25, -0.2) is 0 Å². The predicted octanol–water partition coefficient (Wildman–Crippen LogP) is 1.49. The number of thioether (sulfide) groups is 1. The first-order valence-corrected chi connectivity index (χ1v) is 8.46. The number of nitrogens with zero attached hydrogens (tertiary/aromatic N) is 2. The van der Waals surface area contributed by atoms with Gasteiger partial charge in [-0.15, -0.1) is 0 Å². The van der Waals surface area contributed by atoms with Crippen molar-refractivity contribution in [2.75, 3.05) is 18.8 Å². The van der Waals surface area contributed by atoms with Crippen LogP contribution in [0.25, 0.3) is 0 Å². The molecule has 3 rings (SSSR count). The van der Waals surface area contributed by atoms with Crippen molar-refractivity contribution < 1.29 is 9.59 Å². The Balaban J connectivity index is 1.72. The van der Waals surface area contributed by atoms with Crippen LogP contribution >= 0.6 is 11.8 Å². The fraction of sp³-hybridized carbons (Fsp3) is 0.857. The smallest absolute Gasteiger partial charge is 0.246 e. The van der Waals surface area contributed by atoms with Crippen LogP contribution < -0.4 is 0 Å². The monoisotopic (exact) mass is 282 g/mol. The van der Waals surface area contributed by atoms with Crippen LogP contribution in [0.1, 0.15) is 39.0 Å². The number of carbonyl (C=O) groups is 2. The van der Waals surface area contributed by atoms with Crippen molar-refractivity contribution in [3.63, 3.8) is 0 Å². The molecule has 3 aliphatic heterocycles. The van der Waals surface area contributed by atoms with E-state index in [9.17, 15) is 9.59 Å². The quantitative estimate of drug-likeness (QED) is 0.770. The number of amides is 2. The molecule has 19 heavy (non-hydrogen) atoms. The van der Waals surface area contributed by atoms with Gasteiger partial charge >= 0.3 is 0 Å². The van der Waals surface area contributed by atoms with Gasteiger partial charge in [-0.05, 0) is 38.4 Å². The van der Waals surface area contributed by atoms with Crippen LogP contribution in [-0.4, -0.2) is 57.8 Å². The molecule has 106 valence electrons. The van der Waals surface area contributed by atoms with Crippen LogP contribution in [0.2, 0.25) is 0 Å². The largest absolute Gasteiger partial charge is 0.329 e. The van der Waals surface area contributed by atoms with E-state index in [1.54, 1.807) is 4.90 Å². The van der Waals surface area contributed by atoms with Crippen LogP contribution in [0.5, 0.6) is 0 Å². The van der Waals surface area contributed by atoms with E-state index in [0.717, 1.165) is 25.9 Å². The zero-order valence-corrected chi connectivity index (χ0v) is 12.3. The first-order chi connectivity index (χ1) is 9.18. The zero-order chi connectivity index (χ0) is 13.4. The molecule has 2 amide bonds. The molecule has 3 heterocycles. The van der Waals surface area contributed by atoms with Gasteiger partial charge in [0, 0.05) is 18.3 Å². The van der Waals surface area contributed by atoms with E-state index in [0.29, 0.717) is 5.25 Å². The Morgan fingerprint density at radius 3 is 2.74 bits per heavy atom. The molecular weight excluding hydrogens is 260 g/mol. The number of hydrogen-bond donors (Lipinski definition) is 0. The normalized spacial score (nSPS) is 35.7. The van der Waals surface area contributed by atoms with Gasteiger partial charge in [-0.2, -0.15) is 11.8 Å². The third kappa shape index (κ3) is 2.37. The lowest BCUT2D eigenvalue weighted by molar-refractivity contribution is -0.158. The molecule has 0 radical (unpaired) electrons. The Bertz CT molecular complexity index is 382. The van der Waals surface area contributed by atoms with Crippen LogP contribution in [0.3, 0.4) is 0 Å². The summed E-state index contributed by atoms with van der Waals surface area (Å²) in [6.45, 7) is 3.43. The fourth-order valence-electron chi connectivity index (χ4n) is 3.46. The van der Waals surface area contributed by atoms with Crippen LogP contribution in [-0.2, 0) is 9.59 Å². The Labute approximate surface area is 118 Å². The highest BCUT2D eigenvalue weighted by molar-refractivity contribution is 7.99. The molecular formula is C14H22N2O2S. The Hall–Kier alpha value is -0.710. The molecule has 3 fully saturated rings. The minimum atomic E-state index is -0.260. The highest BCUT2D eigenvalue weighted by atomic mass is 32.2. The van der Waals surface area contributed by atoms with Gasteiger partial charge in [0.2, 0.25) is 11.8 Å². The molecule has 3 saturated heterocycles. The maximum absolute atomic E-state index is 12.6. The summed E-state index contributed by atoms with van der Waals surface area (Å²) in [5.41, 5.74) is 0. The summed E-state index contributed by atoms with van der Waals surface area (Å²) in [6.07, 6.45) is 5.56. The van der Waals surface area contributed by atoms with Gasteiger partial charge in [0.05, 0.1) is 0 Å². The first-order valence-electron chi connectivity index (χ1n) is 7.41. The molecule has 0 aromatic heterocycles. The first kappa shape index (κ1) is 13.3. The van der Waals surface area contributed by atoms with Gasteiger partial charge in [-0.3, -0.25) is 9.59 Å². The van der Waals surface area contributed by atoms with E-state index >= 15 is 0 Å². The van der Waals surface area contributed by atoms with Crippen molar-refractivity contribution in [2.45, 2.75) is 56.4 Å². The molecule has 3 unspecified atom stereocenters. The molecule has 0 bridgehead atoms. The number of fused-ring (bicyclic) bond motifs is 1. The van der Waals surface area contributed by atoms with Crippen molar-refractivity contribution in [2.24, 2.45) is 0 Å². The standard InChI is InChI=1S/C14H22N2O2S/c1-10-13(17)15-7-4-6-12(15)14(18)16(10)9-11-5-2-3-8-19-11/h10-12H,2-9H2,1H3. The Kier molecular flexibility index (Phi) is 3.74. The van der Waals surface area contributed by atoms with Crippen LogP contribution in [0, 0.1) is 0 Å². The van der Waals surface area contributed by atoms with Crippen molar-refractivity contribution in [1.29, 1.82) is 0 Å². The van der Waals surface area contributed by atoms with Gasteiger partial charge < -0.3 is 9.80 Å². The molecule has 0 N–H and O–H groups in total. The number of carbonyl (C=O) groups excluding carboxylic acids is 2. The lowest BCUT2D eigenvalue weighted by Gasteiger charge is -2.42. The molecule has 0 spiro atoms. The van der Waals surface area contributed by atoms with Crippen molar-refractivity contribution in [3.8, 4) is 0 Å². The number of piperazine rings is 1. The molecule has 0 aromatic carbocycles. The molecule has 3 atom stereocenters. The van der Waals surface area contributed by atoms with E-state index in [1.165, 1.54) is 25.0 Å². The predicted molar refractivity (Wildman–Crippen MR) is 76.0 cm³/mol. The SMILES string of the molecule is CC1C(=O)N2CCCC2C(=O)N1CC1CCCCS1. The van der Waals surface area contributed by atoms with E-state index in [-0.39, 0.29) is 23.9 Å². The molecule has 0 aliphatic carbocycles. The van der Waals surface area contributed by atoms with Gasteiger partial charge in [0.25, 0.3) is 0 Å². The molecule has 0 saturated carbocycles. The molecule has 0 aromatic rings. The zero-order valence-electron chi connectivity index (χ0n) is 11.5. The van der Waals surface area contributed by atoms with Gasteiger partial charge in [-0.1, -0.05) is 6.42 Å². The van der Waals surface area contributed by atoms with E-state index < -0.39 is 0 Å². The lowest BCUT2D eigenvalue weighted by Crippen LogP contribution is -2.62. The third-order valence-corrected chi connectivity index (χ3v) is 5.98. The Morgan fingerprint density at radius 1 is 1.16 bits per heavy atom. The van der Waals surface area contributed by atoms with E-state index in [1.807, 2.05) is 23.6 Å². The second-order valence-corrected chi connectivity index (χ2v) is 7.25. The minimum Gasteiger partial charge on any atom is -0.329 e. The number of rotatable bonds is 2. The maximum Gasteiger partial charge on any atom is 0.246 e. The molecule has 3 aliphatic rings. The van der Waals surface area contributed by atoms with E-state index in [4.69, 9.17) is 0 Å². The summed E-state index contributed by atoms with van der Waals surface area (Å²) in [7, 11) is 0. The summed E-state index contributed by atoms with van der Waals surface area (Å²) in [4.78, 5) is 28.6. The van der Waals surface area contributed by atoms with Gasteiger partial charge in [0.1, 0.15) is 12.1 Å². The van der Waals surface area contributed by atoms with Crippen LogP contribution in [0.4, 0.5) is 0 Å². The molecule has 4 nitrogen and oxygen atoms in total. The maximum atomic E-state index is 12.6. The van der Waals surface area contributed by atoms with Crippen molar-refractivity contribution >= 4 is 23.6 Å². The second-order valence-electron chi connectivity index (χ2n) is 5.84. The summed E-state index contributed by atoms with van der Waals surface area (Å²) < 4.78 is 0. The molecule has 5 heteroatoms. The van der Waals surface area contributed by atoms with Crippen molar-refractivity contribution in [1.82, 2.24) is 9.80 Å². The van der Waals surface area contributed by atoms with E-state index in [2.05, 4.69) is 0 Å². The summed E-state index contributed by atoms with van der Waals surface area (Å²) in [5, 5.41) is 0.529. The van der Waals surface area contributed by atoms with Crippen LogP contribution in [0.15, 0.2) is 0 Å². The highest BCUT2D eigenvalue weighted by Gasteiger charge is 2.46. The Morgan fingerprint density at radius 2 is 2.00 bits per heavy atom. The lowest BCUT2D eigenvalue weighted by atomic mass is 10.0. The number of hydrogen-bond acceptors (Lipinski definition) is 3. The summed E-state index contributed by atoms with van der Waals surface area (Å²) >= 11 is 1.97. The minimum absolute atomic E-state index is 0.155. The summed E-state index contributed by atoms with van der Waals surface area (Å²) in [5.74, 6) is 1.54. The average Bonchev–Trinajstić information content (AvgIpc) is 2.92. The topological polar surface area (TPSA) is 40.6 Å². The average molecular weight is 282 g/mol. The van der Waals surface area contributed by atoms with Gasteiger partial charge in [0.15, 0.2) is 0 Å². The summed E-state index contributed by atoms with van der Waals surface area (Å²) in [6, 6.07) is -0.415. The highest BCUT2D eigenvalue weighted by Crippen LogP contribution is 2.30.